The molecule has 0 unspecified atom stereocenters. The summed E-state index contributed by atoms with van der Waals surface area (Å²) in [5, 5.41) is 7.87. The normalized spacial score (nSPS) is 14.7. The average molecular weight is 419 g/mol. The van der Waals surface area contributed by atoms with Crippen molar-refractivity contribution in [3.8, 4) is 16.8 Å². The Morgan fingerprint density at radius 2 is 1.87 bits per heavy atom. The van der Waals surface area contributed by atoms with Crippen molar-refractivity contribution in [2.45, 2.75) is 45.4 Å². The summed E-state index contributed by atoms with van der Waals surface area (Å²) in [6, 6.07) is 10.2. The summed E-state index contributed by atoms with van der Waals surface area (Å²) in [6.07, 6.45) is 3.68. The van der Waals surface area contributed by atoms with Gasteiger partial charge < -0.3 is 0 Å². The van der Waals surface area contributed by atoms with Gasteiger partial charge in [0.05, 0.1) is 33.2 Å². The van der Waals surface area contributed by atoms with Gasteiger partial charge in [0.1, 0.15) is 5.82 Å². The highest BCUT2D eigenvalue weighted by molar-refractivity contribution is 6.35. The number of benzene rings is 2. The summed E-state index contributed by atoms with van der Waals surface area (Å²) < 4.78 is 2.14. The molecule has 5 nitrogen and oxygen atoms in total. The van der Waals surface area contributed by atoms with Gasteiger partial charge in [-0.2, -0.15) is 10.1 Å². The maximum absolute atomic E-state index is 13.1. The van der Waals surface area contributed by atoms with Crippen LogP contribution in [0.5, 0.6) is 0 Å². The van der Waals surface area contributed by atoms with Crippen molar-refractivity contribution in [3.05, 3.63) is 75.1 Å². The Morgan fingerprint density at radius 3 is 2.53 bits per heavy atom. The third kappa shape index (κ3) is 2.51. The number of H-pyrrole nitrogens is 1. The number of nitrogens with one attached hydrogen (secondary N) is 1. The van der Waals surface area contributed by atoms with Crippen LogP contribution in [0.4, 0.5) is 0 Å². The molecule has 0 saturated carbocycles. The second-order valence-corrected chi connectivity index (χ2v) is 9.90. The van der Waals surface area contributed by atoms with Crippen molar-refractivity contribution in [1.82, 2.24) is 19.7 Å². The molecule has 0 spiro atoms. The molecular weight excluding hydrogens is 396 g/mol. The van der Waals surface area contributed by atoms with E-state index in [0.717, 1.165) is 39.3 Å². The van der Waals surface area contributed by atoms with E-state index < -0.39 is 5.41 Å². The topological polar surface area (TPSA) is 63.6 Å². The number of nitrogens with zero attached hydrogens (tertiary/aromatic N) is 3. The molecule has 0 atom stereocenters. The monoisotopic (exact) mass is 418 g/mol. The summed E-state index contributed by atoms with van der Waals surface area (Å²) in [5.41, 5.74) is 5.29. The quantitative estimate of drug-likeness (QED) is 0.452. The van der Waals surface area contributed by atoms with E-state index in [1.165, 1.54) is 0 Å². The Bertz CT molecular complexity index is 1380. The predicted octanol–water partition coefficient (Wildman–Crippen LogP) is 5.37. The highest BCUT2D eigenvalue weighted by Crippen LogP contribution is 2.46. The van der Waals surface area contributed by atoms with Gasteiger partial charge in [0.2, 0.25) is 0 Å². The summed E-state index contributed by atoms with van der Waals surface area (Å²) in [7, 11) is 0. The van der Waals surface area contributed by atoms with Crippen LogP contribution >= 0.6 is 11.6 Å². The van der Waals surface area contributed by atoms with E-state index >= 15 is 0 Å². The molecule has 2 aromatic heterocycles. The molecule has 0 radical (unpaired) electrons. The van der Waals surface area contributed by atoms with Crippen molar-refractivity contribution in [3.63, 3.8) is 0 Å². The number of fused-ring (bicyclic) bond motifs is 5. The third-order valence-corrected chi connectivity index (χ3v) is 6.41. The number of hydrogen-bond acceptors (Lipinski definition) is 3. The predicted molar refractivity (Wildman–Crippen MR) is 121 cm³/mol. The molecule has 3 heterocycles. The molecule has 0 amide bonds. The minimum atomic E-state index is -0.408. The summed E-state index contributed by atoms with van der Waals surface area (Å²) in [4.78, 5) is 17.6. The lowest BCUT2D eigenvalue weighted by atomic mass is 9.84. The van der Waals surface area contributed by atoms with Crippen LogP contribution < -0.4 is 5.56 Å². The standard InChI is InChI=1S/C24H23ClN4O/c1-23(2,3)16-8-9-17(25)19-20(16)29-18-10-13(14-11-26-27-12-14)6-7-15(18)24(4,5)22(29)28-21(19)30/h6-12H,1-5H3,(H,26,27). The molecule has 5 rings (SSSR count). The van der Waals surface area contributed by atoms with Gasteiger partial charge in [-0.25, -0.2) is 0 Å². The molecule has 2 aromatic carbocycles. The first-order valence-corrected chi connectivity index (χ1v) is 10.4. The van der Waals surface area contributed by atoms with Crippen molar-refractivity contribution >= 4 is 22.5 Å². The van der Waals surface area contributed by atoms with Crippen molar-refractivity contribution in [2.24, 2.45) is 0 Å². The van der Waals surface area contributed by atoms with Crippen molar-refractivity contribution in [1.29, 1.82) is 0 Å². The molecule has 30 heavy (non-hydrogen) atoms. The number of hydrogen-bond donors (Lipinski definition) is 1. The Balaban J connectivity index is 1.98. The number of halogens is 1. The number of aromatic nitrogens is 4. The van der Waals surface area contributed by atoms with Crippen LogP contribution in [0.1, 0.15) is 51.6 Å². The molecule has 6 heteroatoms. The fourth-order valence-corrected chi connectivity index (χ4v) is 4.76. The van der Waals surface area contributed by atoms with Crippen molar-refractivity contribution < 1.29 is 0 Å². The fourth-order valence-electron chi connectivity index (χ4n) is 4.52. The zero-order chi connectivity index (χ0) is 21.4. The Hall–Kier alpha value is -2.92. The SMILES string of the molecule is CC(C)(C)c1ccc(Cl)c2c(=O)nc3n(c12)-c1cc(-c2cn[nH]c2)ccc1C3(C)C. The first-order valence-electron chi connectivity index (χ1n) is 10.0. The summed E-state index contributed by atoms with van der Waals surface area (Å²) >= 11 is 6.53. The average Bonchev–Trinajstić information content (AvgIpc) is 3.27. The van der Waals surface area contributed by atoms with Gasteiger partial charge in [-0.05, 0) is 48.1 Å². The van der Waals surface area contributed by atoms with Crippen LogP contribution in [-0.4, -0.2) is 19.7 Å². The van der Waals surface area contributed by atoms with Crippen LogP contribution in [-0.2, 0) is 10.8 Å². The maximum Gasteiger partial charge on any atom is 0.282 e. The number of rotatable bonds is 1. The second-order valence-electron chi connectivity index (χ2n) is 9.49. The second kappa shape index (κ2) is 6.05. The molecule has 0 fully saturated rings. The number of aromatic amines is 1. The van der Waals surface area contributed by atoms with E-state index in [9.17, 15) is 4.79 Å². The van der Waals surface area contributed by atoms with Crippen LogP contribution in [0.25, 0.3) is 27.7 Å². The van der Waals surface area contributed by atoms with Gasteiger partial charge in [0.15, 0.2) is 0 Å². The van der Waals surface area contributed by atoms with Gasteiger partial charge in [0.25, 0.3) is 5.56 Å². The lowest BCUT2D eigenvalue weighted by molar-refractivity contribution is 0.587. The zero-order valence-electron chi connectivity index (χ0n) is 17.7. The molecule has 1 aliphatic rings. The van der Waals surface area contributed by atoms with Gasteiger partial charge >= 0.3 is 0 Å². The summed E-state index contributed by atoms with van der Waals surface area (Å²) in [5.74, 6) is 0.743. The van der Waals surface area contributed by atoms with E-state index in [4.69, 9.17) is 11.6 Å². The van der Waals surface area contributed by atoms with Crippen LogP contribution in [0.15, 0.2) is 47.5 Å². The minimum Gasteiger partial charge on any atom is -0.296 e. The Morgan fingerprint density at radius 1 is 1.10 bits per heavy atom. The van der Waals surface area contributed by atoms with Gasteiger partial charge in [-0.15, -0.1) is 0 Å². The first kappa shape index (κ1) is 19.1. The largest absolute Gasteiger partial charge is 0.296 e. The third-order valence-electron chi connectivity index (χ3n) is 6.09. The van der Waals surface area contributed by atoms with Gasteiger partial charge in [-0.1, -0.05) is 50.6 Å². The van der Waals surface area contributed by atoms with Crippen LogP contribution in [0, 0.1) is 0 Å². The van der Waals surface area contributed by atoms with Crippen molar-refractivity contribution in [2.75, 3.05) is 0 Å². The highest BCUT2D eigenvalue weighted by Gasteiger charge is 2.40. The lowest BCUT2D eigenvalue weighted by Crippen LogP contribution is -2.25. The molecule has 152 valence electrons. The molecule has 0 saturated heterocycles. The van der Waals surface area contributed by atoms with E-state index in [1.54, 1.807) is 0 Å². The van der Waals surface area contributed by atoms with E-state index in [0.29, 0.717) is 10.4 Å². The Labute approximate surface area is 179 Å². The van der Waals surface area contributed by atoms with E-state index in [1.807, 2.05) is 24.5 Å². The molecule has 1 N–H and O–H groups in total. The van der Waals surface area contributed by atoms with Gasteiger partial charge in [-0.3, -0.25) is 14.5 Å². The zero-order valence-corrected chi connectivity index (χ0v) is 18.4. The molecule has 0 aliphatic carbocycles. The molecule has 0 bridgehead atoms. The fraction of sp³-hybridized carbons (Fsp3) is 0.292. The van der Waals surface area contributed by atoms with E-state index in [-0.39, 0.29) is 11.0 Å². The Kier molecular flexibility index (Phi) is 3.84. The molecular formula is C24H23ClN4O. The van der Waals surface area contributed by atoms with Crippen LogP contribution in [0.2, 0.25) is 5.02 Å². The first-order chi connectivity index (χ1) is 14.1. The maximum atomic E-state index is 13.1. The molecule has 1 aliphatic heterocycles. The van der Waals surface area contributed by atoms with E-state index in [2.05, 4.69) is 72.6 Å². The van der Waals surface area contributed by atoms with Crippen LogP contribution in [0.3, 0.4) is 0 Å². The lowest BCUT2D eigenvalue weighted by Gasteiger charge is -2.25. The highest BCUT2D eigenvalue weighted by atomic mass is 35.5. The summed E-state index contributed by atoms with van der Waals surface area (Å²) in [6.45, 7) is 10.7. The minimum absolute atomic E-state index is 0.174. The van der Waals surface area contributed by atoms with Gasteiger partial charge in [0, 0.05) is 11.8 Å². The smallest absolute Gasteiger partial charge is 0.282 e. The molecule has 4 aromatic rings.